The van der Waals surface area contributed by atoms with Gasteiger partial charge in [0.05, 0.1) is 18.8 Å². The fourth-order valence-corrected chi connectivity index (χ4v) is 2.38. The molecule has 1 aromatic rings. The number of aryl methyl sites for hydroxylation is 1. The quantitative estimate of drug-likeness (QED) is 0.924. The van der Waals surface area contributed by atoms with Crippen molar-refractivity contribution in [2.45, 2.75) is 31.9 Å². The van der Waals surface area contributed by atoms with Gasteiger partial charge in [0.1, 0.15) is 0 Å². The smallest absolute Gasteiger partial charge is 0.350 e. The van der Waals surface area contributed by atoms with Crippen LogP contribution in [0.3, 0.4) is 0 Å². The number of hydrogen-bond acceptors (Lipinski definition) is 3. The van der Waals surface area contributed by atoms with Crippen molar-refractivity contribution in [3.05, 3.63) is 34.9 Å². The summed E-state index contributed by atoms with van der Waals surface area (Å²) < 4.78 is 48.7. The predicted octanol–water partition coefficient (Wildman–Crippen LogP) is 3.04. The van der Waals surface area contributed by atoms with Crippen molar-refractivity contribution in [3.8, 4) is 0 Å². The maximum absolute atomic E-state index is 12.7. The van der Waals surface area contributed by atoms with Crippen molar-refractivity contribution in [1.29, 1.82) is 0 Å². The number of ether oxygens (including phenoxy) is 2. The fourth-order valence-electron chi connectivity index (χ4n) is 2.38. The maximum atomic E-state index is 12.7. The first-order chi connectivity index (χ1) is 9.41. The number of nitrogens with one attached hydrogen (secondary N) is 1. The molecule has 0 aliphatic carbocycles. The van der Waals surface area contributed by atoms with E-state index in [0.29, 0.717) is 25.2 Å². The van der Waals surface area contributed by atoms with Crippen molar-refractivity contribution in [2.24, 2.45) is 0 Å². The average molecular weight is 289 g/mol. The number of halogens is 3. The summed E-state index contributed by atoms with van der Waals surface area (Å²) in [6, 6.07) is 3.72. The Balaban J connectivity index is 2.17. The fraction of sp³-hybridized carbons (Fsp3) is 0.571. The van der Waals surface area contributed by atoms with Gasteiger partial charge in [0, 0.05) is 12.5 Å². The number of hydrogen-bond donors (Lipinski definition) is 1. The minimum atomic E-state index is -4.31. The number of alkyl halides is 3. The lowest BCUT2D eigenvalue weighted by Crippen LogP contribution is -2.24. The predicted molar refractivity (Wildman–Crippen MR) is 68.3 cm³/mol. The van der Waals surface area contributed by atoms with Crippen LogP contribution in [0.5, 0.6) is 0 Å². The first-order valence-electron chi connectivity index (χ1n) is 6.50. The summed E-state index contributed by atoms with van der Waals surface area (Å²) in [5.41, 5.74) is 0.818. The van der Waals surface area contributed by atoms with E-state index in [9.17, 15) is 13.2 Å². The summed E-state index contributed by atoms with van der Waals surface area (Å²) in [7, 11) is 1.77. The van der Waals surface area contributed by atoms with Gasteiger partial charge < -0.3 is 14.8 Å². The molecule has 1 heterocycles. The van der Waals surface area contributed by atoms with Crippen LogP contribution in [0.4, 0.5) is 13.2 Å². The van der Waals surface area contributed by atoms with E-state index in [1.165, 1.54) is 12.1 Å². The van der Waals surface area contributed by atoms with E-state index in [1.54, 1.807) is 14.0 Å². The van der Waals surface area contributed by atoms with E-state index in [2.05, 4.69) is 5.32 Å². The van der Waals surface area contributed by atoms with Gasteiger partial charge in [0.2, 0.25) is 0 Å². The highest BCUT2D eigenvalue weighted by molar-refractivity contribution is 5.34. The molecule has 20 heavy (non-hydrogen) atoms. The van der Waals surface area contributed by atoms with E-state index < -0.39 is 11.7 Å². The lowest BCUT2D eigenvalue weighted by atomic mass is 9.96. The van der Waals surface area contributed by atoms with Crippen molar-refractivity contribution in [2.75, 3.05) is 20.3 Å². The molecule has 112 valence electrons. The van der Waals surface area contributed by atoms with Gasteiger partial charge in [0.25, 0.3) is 0 Å². The average Bonchev–Trinajstić information content (AvgIpc) is 2.88. The minimum Gasteiger partial charge on any atom is -0.350 e. The zero-order valence-electron chi connectivity index (χ0n) is 11.5. The standard InChI is InChI=1S/C14H18F3NO2/c1-9-7-10(14(15,16)17)3-4-11(9)12(18-2)8-13-19-5-6-20-13/h3-4,7,12-13,18H,5-6,8H2,1-2H3. The molecule has 0 spiro atoms. The molecule has 1 aliphatic heterocycles. The number of rotatable bonds is 4. The minimum absolute atomic E-state index is 0.0969. The Bertz CT molecular complexity index is 456. The molecule has 1 atom stereocenters. The molecule has 1 aromatic carbocycles. The van der Waals surface area contributed by atoms with Gasteiger partial charge in [-0.1, -0.05) is 6.07 Å². The summed E-state index contributed by atoms with van der Waals surface area (Å²) in [4.78, 5) is 0. The van der Waals surface area contributed by atoms with Crippen LogP contribution in [-0.4, -0.2) is 26.6 Å². The van der Waals surface area contributed by atoms with E-state index >= 15 is 0 Å². The van der Waals surface area contributed by atoms with E-state index in [1.807, 2.05) is 0 Å². The van der Waals surface area contributed by atoms with Gasteiger partial charge in [-0.3, -0.25) is 0 Å². The Labute approximate surface area is 116 Å². The lowest BCUT2D eigenvalue weighted by molar-refractivity contribution is -0.137. The molecule has 0 aromatic heterocycles. The molecule has 0 amide bonds. The topological polar surface area (TPSA) is 30.5 Å². The highest BCUT2D eigenvalue weighted by atomic mass is 19.4. The zero-order chi connectivity index (χ0) is 14.8. The van der Waals surface area contributed by atoms with Crippen LogP contribution in [0, 0.1) is 6.92 Å². The third-order valence-electron chi connectivity index (χ3n) is 3.44. The second-order valence-electron chi connectivity index (χ2n) is 4.82. The van der Waals surface area contributed by atoms with Gasteiger partial charge in [0.15, 0.2) is 6.29 Å². The normalized spacial score (nSPS) is 18.4. The Morgan fingerprint density at radius 1 is 1.30 bits per heavy atom. The molecule has 1 N–H and O–H groups in total. The van der Waals surface area contributed by atoms with E-state index in [0.717, 1.165) is 11.6 Å². The van der Waals surface area contributed by atoms with E-state index in [4.69, 9.17) is 9.47 Å². The Kier molecular flexibility index (Phi) is 4.67. The Morgan fingerprint density at radius 3 is 2.45 bits per heavy atom. The molecule has 1 unspecified atom stereocenters. The van der Waals surface area contributed by atoms with Gasteiger partial charge in [-0.2, -0.15) is 13.2 Å². The summed E-state index contributed by atoms with van der Waals surface area (Å²) in [5, 5.41) is 3.10. The van der Waals surface area contributed by atoms with Crippen molar-refractivity contribution < 1.29 is 22.6 Å². The van der Waals surface area contributed by atoms with Crippen LogP contribution in [0.25, 0.3) is 0 Å². The highest BCUT2D eigenvalue weighted by Gasteiger charge is 2.31. The molecule has 2 rings (SSSR count). The van der Waals surface area contributed by atoms with Crippen LogP contribution in [-0.2, 0) is 15.7 Å². The number of benzene rings is 1. The van der Waals surface area contributed by atoms with Crippen LogP contribution in [0.2, 0.25) is 0 Å². The zero-order valence-corrected chi connectivity index (χ0v) is 11.5. The summed E-state index contributed by atoms with van der Waals surface area (Å²) in [5.74, 6) is 0. The van der Waals surface area contributed by atoms with Crippen LogP contribution < -0.4 is 5.32 Å². The van der Waals surface area contributed by atoms with Gasteiger partial charge in [-0.15, -0.1) is 0 Å². The van der Waals surface area contributed by atoms with Gasteiger partial charge in [-0.05, 0) is 37.2 Å². The Hall–Kier alpha value is -1.11. The molecule has 0 bridgehead atoms. The van der Waals surface area contributed by atoms with Crippen LogP contribution in [0.1, 0.15) is 29.2 Å². The maximum Gasteiger partial charge on any atom is 0.416 e. The lowest BCUT2D eigenvalue weighted by Gasteiger charge is -2.22. The molecule has 6 heteroatoms. The first kappa shape index (κ1) is 15.3. The summed E-state index contributed by atoms with van der Waals surface area (Å²) >= 11 is 0. The molecule has 1 aliphatic rings. The first-order valence-corrected chi connectivity index (χ1v) is 6.50. The van der Waals surface area contributed by atoms with Crippen LogP contribution >= 0.6 is 0 Å². The van der Waals surface area contributed by atoms with Crippen molar-refractivity contribution in [3.63, 3.8) is 0 Å². The molecule has 3 nitrogen and oxygen atoms in total. The SMILES string of the molecule is CNC(CC1OCCO1)c1ccc(C(F)(F)F)cc1C. The third kappa shape index (κ3) is 3.50. The van der Waals surface area contributed by atoms with Crippen molar-refractivity contribution >= 4 is 0 Å². The van der Waals surface area contributed by atoms with Crippen LogP contribution in [0.15, 0.2) is 18.2 Å². The van der Waals surface area contributed by atoms with Crippen molar-refractivity contribution in [1.82, 2.24) is 5.32 Å². The van der Waals surface area contributed by atoms with Gasteiger partial charge >= 0.3 is 6.18 Å². The van der Waals surface area contributed by atoms with Gasteiger partial charge in [-0.25, -0.2) is 0 Å². The molecule has 1 saturated heterocycles. The highest BCUT2D eigenvalue weighted by Crippen LogP contribution is 2.32. The summed E-state index contributed by atoms with van der Waals surface area (Å²) in [6.07, 6.45) is -4.03. The van der Waals surface area contributed by atoms with E-state index in [-0.39, 0.29) is 12.3 Å². The molecule has 0 radical (unpaired) electrons. The largest absolute Gasteiger partial charge is 0.416 e. The Morgan fingerprint density at radius 2 is 1.95 bits per heavy atom. The molecular weight excluding hydrogens is 271 g/mol. The molecule has 0 saturated carbocycles. The molecule has 1 fully saturated rings. The second kappa shape index (κ2) is 6.11. The second-order valence-corrected chi connectivity index (χ2v) is 4.82. The third-order valence-corrected chi connectivity index (χ3v) is 3.44. The summed E-state index contributed by atoms with van der Waals surface area (Å²) in [6.45, 7) is 2.81. The molecular formula is C14H18F3NO2. The monoisotopic (exact) mass is 289 g/mol.